The van der Waals surface area contributed by atoms with Gasteiger partial charge in [0.25, 0.3) is 0 Å². The zero-order valence-electron chi connectivity index (χ0n) is 10.3. The lowest BCUT2D eigenvalue weighted by molar-refractivity contribution is 0.636. The number of nitrogens with one attached hydrogen (secondary N) is 1. The summed E-state index contributed by atoms with van der Waals surface area (Å²) in [5.74, 6) is 0.276. The lowest BCUT2D eigenvalue weighted by Crippen LogP contribution is -2.02. The molecule has 0 aliphatic rings. The van der Waals surface area contributed by atoms with E-state index >= 15 is 0 Å². The molecule has 0 spiro atoms. The molecule has 0 saturated carbocycles. The van der Waals surface area contributed by atoms with Crippen molar-refractivity contribution in [3.8, 4) is 0 Å². The summed E-state index contributed by atoms with van der Waals surface area (Å²) in [4.78, 5) is 8.11. The standard InChI is InChI=1S/C13H12FN5/c1-19-7-9(6-18-19)5-15-13-10-3-2-4-11(14)12(10)16-8-17-13/h2-4,6-8H,5H2,1H3,(H,15,16,17). The zero-order chi connectivity index (χ0) is 13.2. The summed E-state index contributed by atoms with van der Waals surface area (Å²) in [7, 11) is 1.86. The molecule has 3 rings (SSSR count). The molecule has 2 aromatic heterocycles. The molecule has 0 radical (unpaired) electrons. The predicted octanol–water partition coefficient (Wildman–Crippen LogP) is 2.11. The van der Waals surface area contributed by atoms with Gasteiger partial charge in [-0.2, -0.15) is 5.10 Å². The molecular weight excluding hydrogens is 245 g/mol. The summed E-state index contributed by atoms with van der Waals surface area (Å²) in [5, 5.41) is 7.94. The Bertz CT molecular complexity index is 722. The van der Waals surface area contributed by atoms with Crippen molar-refractivity contribution >= 4 is 16.7 Å². The number of hydrogen-bond acceptors (Lipinski definition) is 4. The van der Waals surface area contributed by atoms with Crippen LogP contribution in [0.15, 0.2) is 36.9 Å². The van der Waals surface area contributed by atoms with Crippen molar-refractivity contribution in [1.82, 2.24) is 19.7 Å². The van der Waals surface area contributed by atoms with Crippen molar-refractivity contribution in [2.24, 2.45) is 7.05 Å². The number of rotatable bonds is 3. The third kappa shape index (κ3) is 2.24. The van der Waals surface area contributed by atoms with E-state index in [0.717, 1.165) is 5.56 Å². The molecule has 2 heterocycles. The molecule has 1 aromatic carbocycles. The number of hydrogen-bond donors (Lipinski definition) is 1. The van der Waals surface area contributed by atoms with Gasteiger partial charge in [0.2, 0.25) is 0 Å². The van der Waals surface area contributed by atoms with Crippen molar-refractivity contribution in [3.63, 3.8) is 0 Å². The van der Waals surface area contributed by atoms with Crippen LogP contribution in [0.25, 0.3) is 10.9 Å². The summed E-state index contributed by atoms with van der Waals surface area (Å²) < 4.78 is 15.3. The Morgan fingerprint density at radius 2 is 2.21 bits per heavy atom. The lowest BCUT2D eigenvalue weighted by Gasteiger charge is -2.07. The van der Waals surface area contributed by atoms with E-state index in [2.05, 4.69) is 20.4 Å². The van der Waals surface area contributed by atoms with Crippen LogP contribution in [0.5, 0.6) is 0 Å². The number of aryl methyl sites for hydroxylation is 1. The lowest BCUT2D eigenvalue weighted by atomic mass is 10.2. The van der Waals surface area contributed by atoms with Crippen LogP contribution in [0.1, 0.15) is 5.56 Å². The monoisotopic (exact) mass is 257 g/mol. The van der Waals surface area contributed by atoms with Crippen molar-refractivity contribution in [2.45, 2.75) is 6.54 Å². The predicted molar refractivity (Wildman–Crippen MR) is 70.0 cm³/mol. The first-order chi connectivity index (χ1) is 9.24. The van der Waals surface area contributed by atoms with E-state index in [9.17, 15) is 4.39 Å². The number of halogens is 1. The number of nitrogens with zero attached hydrogens (tertiary/aromatic N) is 4. The molecular formula is C13H12FN5. The van der Waals surface area contributed by atoms with Crippen LogP contribution in [0.4, 0.5) is 10.2 Å². The number of benzene rings is 1. The SMILES string of the molecule is Cn1cc(CNc2ncnc3c(F)cccc23)cn1. The second-order valence-electron chi connectivity index (χ2n) is 4.23. The molecule has 0 fully saturated rings. The van der Waals surface area contributed by atoms with Gasteiger partial charge in [0.15, 0.2) is 0 Å². The van der Waals surface area contributed by atoms with Crippen LogP contribution >= 0.6 is 0 Å². The van der Waals surface area contributed by atoms with E-state index in [1.807, 2.05) is 13.2 Å². The maximum atomic E-state index is 13.6. The smallest absolute Gasteiger partial charge is 0.149 e. The Kier molecular flexibility index (Phi) is 2.83. The fourth-order valence-electron chi connectivity index (χ4n) is 1.94. The van der Waals surface area contributed by atoms with Gasteiger partial charge in [0.1, 0.15) is 23.5 Å². The van der Waals surface area contributed by atoms with Crippen molar-refractivity contribution in [3.05, 3.63) is 48.3 Å². The Balaban J connectivity index is 1.91. The first-order valence-corrected chi connectivity index (χ1v) is 5.84. The summed E-state index contributed by atoms with van der Waals surface area (Å²) >= 11 is 0. The minimum atomic E-state index is -0.343. The molecule has 0 bridgehead atoms. The van der Waals surface area contributed by atoms with Gasteiger partial charge in [-0.25, -0.2) is 14.4 Å². The minimum absolute atomic E-state index is 0.325. The average molecular weight is 257 g/mol. The van der Waals surface area contributed by atoms with Crippen molar-refractivity contribution in [2.75, 3.05) is 5.32 Å². The van der Waals surface area contributed by atoms with Crippen LogP contribution in [0, 0.1) is 5.82 Å². The molecule has 0 atom stereocenters. The van der Waals surface area contributed by atoms with E-state index in [1.165, 1.54) is 12.4 Å². The highest BCUT2D eigenvalue weighted by Gasteiger charge is 2.07. The molecule has 19 heavy (non-hydrogen) atoms. The van der Waals surface area contributed by atoms with Gasteiger partial charge in [-0.3, -0.25) is 4.68 Å². The summed E-state index contributed by atoms with van der Waals surface area (Å²) in [6.45, 7) is 0.580. The van der Waals surface area contributed by atoms with Crippen molar-refractivity contribution < 1.29 is 4.39 Å². The van der Waals surface area contributed by atoms with Gasteiger partial charge in [-0.15, -0.1) is 0 Å². The highest BCUT2D eigenvalue weighted by atomic mass is 19.1. The van der Waals surface area contributed by atoms with Crippen LogP contribution in [-0.2, 0) is 13.6 Å². The third-order valence-corrected chi connectivity index (χ3v) is 2.83. The molecule has 0 amide bonds. The van der Waals surface area contributed by atoms with Gasteiger partial charge >= 0.3 is 0 Å². The van der Waals surface area contributed by atoms with Gasteiger partial charge in [0.05, 0.1) is 6.20 Å². The van der Waals surface area contributed by atoms with E-state index in [4.69, 9.17) is 0 Å². The normalized spacial score (nSPS) is 10.8. The quantitative estimate of drug-likeness (QED) is 0.780. The molecule has 5 nitrogen and oxygen atoms in total. The largest absolute Gasteiger partial charge is 0.365 e. The molecule has 96 valence electrons. The molecule has 0 unspecified atom stereocenters. The number of fused-ring (bicyclic) bond motifs is 1. The Morgan fingerprint density at radius 1 is 1.32 bits per heavy atom. The molecule has 0 saturated heterocycles. The van der Waals surface area contributed by atoms with E-state index in [1.54, 1.807) is 23.0 Å². The highest BCUT2D eigenvalue weighted by Crippen LogP contribution is 2.21. The number of anilines is 1. The van der Waals surface area contributed by atoms with Gasteiger partial charge in [-0.1, -0.05) is 6.07 Å². The second kappa shape index (κ2) is 4.64. The zero-order valence-corrected chi connectivity index (χ0v) is 10.3. The van der Waals surface area contributed by atoms with Gasteiger partial charge < -0.3 is 5.32 Å². The van der Waals surface area contributed by atoms with Crippen LogP contribution in [0.3, 0.4) is 0 Å². The Hall–Kier alpha value is -2.50. The Morgan fingerprint density at radius 3 is 3.00 bits per heavy atom. The highest BCUT2D eigenvalue weighted by molar-refractivity contribution is 5.89. The molecule has 6 heteroatoms. The van der Waals surface area contributed by atoms with Gasteiger partial charge in [0, 0.05) is 30.7 Å². The number of para-hydroxylation sites is 1. The first kappa shape index (κ1) is 11.6. The molecule has 3 aromatic rings. The van der Waals surface area contributed by atoms with E-state index in [-0.39, 0.29) is 5.82 Å². The van der Waals surface area contributed by atoms with Gasteiger partial charge in [-0.05, 0) is 12.1 Å². The average Bonchev–Trinajstić information content (AvgIpc) is 2.83. The third-order valence-electron chi connectivity index (χ3n) is 2.83. The summed E-state index contributed by atoms with van der Waals surface area (Å²) in [6.07, 6.45) is 5.05. The van der Waals surface area contributed by atoms with Crippen LogP contribution in [0.2, 0.25) is 0 Å². The summed E-state index contributed by atoms with van der Waals surface area (Å²) in [6, 6.07) is 4.83. The van der Waals surface area contributed by atoms with Crippen LogP contribution in [-0.4, -0.2) is 19.7 Å². The first-order valence-electron chi connectivity index (χ1n) is 5.84. The van der Waals surface area contributed by atoms with E-state index in [0.29, 0.717) is 23.3 Å². The molecule has 0 aliphatic carbocycles. The minimum Gasteiger partial charge on any atom is -0.365 e. The van der Waals surface area contributed by atoms with E-state index < -0.39 is 0 Å². The fourth-order valence-corrected chi connectivity index (χ4v) is 1.94. The molecule has 0 aliphatic heterocycles. The second-order valence-corrected chi connectivity index (χ2v) is 4.23. The summed E-state index contributed by atoms with van der Waals surface area (Å²) in [5.41, 5.74) is 1.36. The maximum Gasteiger partial charge on any atom is 0.149 e. The topological polar surface area (TPSA) is 55.6 Å². The fraction of sp³-hybridized carbons (Fsp3) is 0.154. The van der Waals surface area contributed by atoms with Crippen molar-refractivity contribution in [1.29, 1.82) is 0 Å². The van der Waals surface area contributed by atoms with Crippen LogP contribution < -0.4 is 5.32 Å². The Labute approximate surface area is 109 Å². The molecule has 1 N–H and O–H groups in total. The number of aromatic nitrogens is 4. The maximum absolute atomic E-state index is 13.6.